The third kappa shape index (κ3) is 23.6. The first-order valence-electron chi connectivity index (χ1n) is 15.3. The van der Waals surface area contributed by atoms with E-state index in [1.54, 1.807) is 0 Å². The Labute approximate surface area is 238 Å². The molecule has 5 rings (SSSR count). The van der Waals surface area contributed by atoms with Crippen molar-refractivity contribution in [2.45, 2.75) is 191 Å². The maximum absolute atomic E-state index is 10.5. The first-order valence-corrected chi connectivity index (χ1v) is 15.3. The average Bonchev–Trinajstić information content (AvgIpc) is 2.88. The van der Waals surface area contributed by atoms with Gasteiger partial charge in [-0.1, -0.05) is 161 Å². The minimum absolute atomic E-state index is 0. The van der Waals surface area contributed by atoms with Crippen LogP contribution in [-0.4, -0.2) is 30.5 Å². The van der Waals surface area contributed by atoms with Crippen LogP contribution in [-0.2, 0) is 22.4 Å². The summed E-state index contributed by atoms with van der Waals surface area (Å²) in [7, 11) is 0. The monoisotopic (exact) mass is 676 g/mol. The van der Waals surface area contributed by atoms with Crippen molar-refractivity contribution in [2.24, 2.45) is 0 Å². The van der Waals surface area contributed by atoms with Crippen molar-refractivity contribution >= 4 is 0 Å². The molecule has 0 radical (unpaired) electrons. The summed E-state index contributed by atoms with van der Waals surface area (Å²) < 4.78 is 0. The van der Waals surface area contributed by atoms with E-state index in [4.69, 9.17) is 0 Å². The molecular formula is C30H55O5Ta. The van der Waals surface area contributed by atoms with Crippen molar-refractivity contribution in [3.05, 3.63) is 0 Å². The predicted molar refractivity (Wildman–Crippen MR) is 134 cm³/mol. The van der Waals surface area contributed by atoms with Crippen molar-refractivity contribution in [3.8, 4) is 0 Å². The van der Waals surface area contributed by atoms with E-state index < -0.39 is 0 Å². The molecule has 210 valence electrons. The van der Waals surface area contributed by atoms with Crippen molar-refractivity contribution in [3.63, 3.8) is 0 Å². The van der Waals surface area contributed by atoms with Gasteiger partial charge in [0.05, 0.1) is 0 Å². The van der Waals surface area contributed by atoms with E-state index in [1.807, 2.05) is 0 Å². The van der Waals surface area contributed by atoms with Crippen LogP contribution in [0.15, 0.2) is 0 Å². The van der Waals surface area contributed by atoms with Gasteiger partial charge in [0, 0.05) is 0 Å². The van der Waals surface area contributed by atoms with Gasteiger partial charge in [-0.15, -0.1) is 30.5 Å². The summed E-state index contributed by atoms with van der Waals surface area (Å²) in [5, 5.41) is 52.7. The molecule has 5 fully saturated rings. The largest absolute Gasteiger partial charge is 5.00 e. The summed E-state index contributed by atoms with van der Waals surface area (Å²) in [6.07, 6.45) is 26.4. The number of hydrogen-bond acceptors (Lipinski definition) is 5. The Morgan fingerprint density at radius 1 is 0.222 bits per heavy atom. The van der Waals surface area contributed by atoms with E-state index in [0.29, 0.717) is 0 Å². The van der Waals surface area contributed by atoms with Crippen LogP contribution in [0.2, 0.25) is 0 Å². The van der Waals surface area contributed by atoms with Gasteiger partial charge in [-0.25, -0.2) is 0 Å². The first kappa shape index (κ1) is 36.5. The molecule has 6 heteroatoms. The molecule has 0 aromatic rings. The minimum Gasteiger partial charge on any atom is -0.852 e. The summed E-state index contributed by atoms with van der Waals surface area (Å²) in [6, 6.07) is 0. The molecule has 0 amide bonds. The second-order valence-corrected chi connectivity index (χ2v) is 11.3. The SMILES string of the molecule is [O-]C1CCCCC1.[O-]C1CCCCC1.[O-]C1CCCCC1.[O-]C1CCCCC1.[O-]C1CCCCC1.[Ta+5]. The number of hydrogen-bond donors (Lipinski definition) is 0. The van der Waals surface area contributed by atoms with E-state index >= 15 is 0 Å². The van der Waals surface area contributed by atoms with Crippen LogP contribution < -0.4 is 25.5 Å². The van der Waals surface area contributed by atoms with E-state index in [0.717, 1.165) is 64.2 Å². The van der Waals surface area contributed by atoms with Crippen LogP contribution in [0.4, 0.5) is 0 Å². The van der Waals surface area contributed by atoms with Crippen LogP contribution in [0.3, 0.4) is 0 Å². The topological polar surface area (TPSA) is 115 Å². The summed E-state index contributed by atoms with van der Waals surface area (Å²) in [6.45, 7) is 0. The van der Waals surface area contributed by atoms with Crippen LogP contribution in [0, 0.1) is 0 Å². The Bertz CT molecular complexity index is 330. The van der Waals surface area contributed by atoms with Crippen LogP contribution >= 0.6 is 0 Å². The normalized spacial score (nSPS) is 24.6. The van der Waals surface area contributed by atoms with Crippen molar-refractivity contribution < 1.29 is 47.9 Å². The molecular weight excluding hydrogens is 621 g/mol. The summed E-state index contributed by atoms with van der Waals surface area (Å²) in [4.78, 5) is 0. The Morgan fingerprint density at radius 2 is 0.333 bits per heavy atom. The van der Waals surface area contributed by atoms with Crippen molar-refractivity contribution in [2.75, 3.05) is 0 Å². The molecule has 0 aromatic carbocycles. The Hall–Kier alpha value is 0.540. The third-order valence-electron chi connectivity index (χ3n) is 7.76. The quantitative estimate of drug-likeness (QED) is 0.391. The Balaban J connectivity index is 0.000000422. The van der Waals surface area contributed by atoms with Gasteiger partial charge >= 0.3 is 22.4 Å². The fourth-order valence-corrected chi connectivity index (χ4v) is 5.33. The summed E-state index contributed by atoms with van der Waals surface area (Å²) in [5.74, 6) is 0. The molecule has 0 saturated heterocycles. The molecule has 5 nitrogen and oxygen atoms in total. The van der Waals surface area contributed by atoms with Crippen molar-refractivity contribution in [1.29, 1.82) is 0 Å². The van der Waals surface area contributed by atoms with Gasteiger partial charge in [-0.3, -0.25) is 0 Å². The van der Waals surface area contributed by atoms with Crippen LogP contribution in [0.5, 0.6) is 0 Å². The van der Waals surface area contributed by atoms with Gasteiger partial charge in [0.15, 0.2) is 0 Å². The van der Waals surface area contributed by atoms with E-state index in [1.165, 1.54) is 96.3 Å². The predicted octanol–water partition coefficient (Wildman–Crippen LogP) is 3.39. The second kappa shape index (κ2) is 25.8. The van der Waals surface area contributed by atoms with Gasteiger partial charge in [0.25, 0.3) is 0 Å². The third-order valence-corrected chi connectivity index (χ3v) is 7.76. The van der Waals surface area contributed by atoms with Gasteiger partial charge in [0.1, 0.15) is 0 Å². The molecule has 0 aromatic heterocycles. The smallest absolute Gasteiger partial charge is 0.852 e. The average molecular weight is 677 g/mol. The fraction of sp³-hybridized carbons (Fsp3) is 1.00. The first-order chi connectivity index (χ1) is 17.0. The molecule has 0 N–H and O–H groups in total. The second-order valence-electron chi connectivity index (χ2n) is 11.3. The zero-order chi connectivity index (χ0) is 25.6. The van der Waals surface area contributed by atoms with Gasteiger partial charge in [0.2, 0.25) is 0 Å². The number of rotatable bonds is 0. The van der Waals surface area contributed by atoms with E-state index in [2.05, 4.69) is 0 Å². The van der Waals surface area contributed by atoms with E-state index in [9.17, 15) is 25.5 Å². The van der Waals surface area contributed by atoms with Gasteiger partial charge < -0.3 is 25.5 Å². The van der Waals surface area contributed by atoms with Crippen LogP contribution in [0.25, 0.3) is 0 Å². The molecule has 0 bridgehead atoms. The van der Waals surface area contributed by atoms with Gasteiger partial charge in [-0.2, -0.15) is 0 Å². The Kier molecular flexibility index (Phi) is 26.2. The molecule has 0 heterocycles. The summed E-state index contributed by atoms with van der Waals surface area (Å²) >= 11 is 0. The minimum atomic E-state index is -0.214. The molecule has 0 atom stereocenters. The zero-order valence-corrected chi connectivity index (χ0v) is 26.3. The molecule has 0 unspecified atom stereocenters. The molecule has 0 aliphatic heterocycles. The molecule has 5 aliphatic rings. The standard InChI is InChI=1S/5C6H11O.Ta/c5*7-6-4-2-1-3-5-6;/h5*6H,1-5H2;/q5*-1;+5. The molecule has 0 spiro atoms. The van der Waals surface area contributed by atoms with Crippen LogP contribution in [0.1, 0.15) is 161 Å². The van der Waals surface area contributed by atoms with Gasteiger partial charge in [-0.05, 0) is 0 Å². The fourth-order valence-electron chi connectivity index (χ4n) is 5.33. The molecule has 5 aliphatic carbocycles. The van der Waals surface area contributed by atoms with E-state index in [-0.39, 0.29) is 52.9 Å². The van der Waals surface area contributed by atoms with Crippen molar-refractivity contribution in [1.82, 2.24) is 0 Å². The summed E-state index contributed by atoms with van der Waals surface area (Å²) in [5.41, 5.74) is 0. The zero-order valence-electron chi connectivity index (χ0n) is 23.1. The maximum Gasteiger partial charge on any atom is 5.00 e. The molecule has 36 heavy (non-hydrogen) atoms. The Morgan fingerprint density at radius 3 is 0.389 bits per heavy atom. The molecule has 5 saturated carbocycles. The maximum atomic E-state index is 10.5.